The Morgan fingerprint density at radius 3 is 2.29 bits per heavy atom. The normalized spacial score (nSPS) is 13.6. The summed E-state index contributed by atoms with van der Waals surface area (Å²) in [7, 11) is 1.52. The van der Waals surface area contributed by atoms with E-state index in [0.717, 1.165) is 0 Å². The van der Waals surface area contributed by atoms with Crippen molar-refractivity contribution in [3.8, 4) is 0 Å². The van der Waals surface area contributed by atoms with Gasteiger partial charge in [-0.3, -0.25) is 10.1 Å². The third-order valence-corrected chi connectivity index (χ3v) is 0.659. The number of ketones is 1. The lowest BCUT2D eigenvalue weighted by Crippen LogP contribution is -2.31. The van der Waals surface area contributed by atoms with E-state index < -0.39 is 6.23 Å². The van der Waals surface area contributed by atoms with Crippen molar-refractivity contribution < 1.29 is 9.90 Å². The molecule has 0 amide bonds. The van der Waals surface area contributed by atoms with Crippen LogP contribution in [0.25, 0.3) is 0 Å². The van der Waals surface area contributed by atoms with Crippen LogP contribution in [0.3, 0.4) is 0 Å². The van der Waals surface area contributed by atoms with Crippen molar-refractivity contribution in [1.82, 2.24) is 5.32 Å². The molecule has 0 aliphatic heterocycles. The van der Waals surface area contributed by atoms with E-state index in [9.17, 15) is 4.79 Å². The molecule has 0 aromatic carbocycles. The standard InChI is InChI=1S/C4H9NO2/c1-3(6)4(7)5-2/h4-5,7H,1-2H3. The van der Waals surface area contributed by atoms with Crippen molar-refractivity contribution in [2.45, 2.75) is 13.2 Å². The number of carbonyl (C=O) groups is 1. The maximum Gasteiger partial charge on any atom is 0.173 e. The van der Waals surface area contributed by atoms with Crippen molar-refractivity contribution in [1.29, 1.82) is 0 Å². The molecule has 0 aromatic rings. The van der Waals surface area contributed by atoms with Gasteiger partial charge in [-0.25, -0.2) is 0 Å². The maximum absolute atomic E-state index is 10.1. The van der Waals surface area contributed by atoms with Crippen molar-refractivity contribution in [3.05, 3.63) is 0 Å². The summed E-state index contributed by atoms with van der Waals surface area (Å²) in [5.74, 6) is -0.262. The maximum atomic E-state index is 10.1. The summed E-state index contributed by atoms with van der Waals surface area (Å²) in [5.41, 5.74) is 0. The van der Waals surface area contributed by atoms with E-state index in [1.54, 1.807) is 0 Å². The number of nitrogens with one attached hydrogen (secondary N) is 1. The van der Waals surface area contributed by atoms with E-state index in [2.05, 4.69) is 5.32 Å². The zero-order valence-corrected chi connectivity index (χ0v) is 4.43. The van der Waals surface area contributed by atoms with Crippen LogP contribution in [0, 0.1) is 0 Å². The minimum atomic E-state index is -0.986. The van der Waals surface area contributed by atoms with Gasteiger partial charge in [0.2, 0.25) is 0 Å². The Morgan fingerprint density at radius 1 is 1.86 bits per heavy atom. The molecule has 3 heteroatoms. The average molecular weight is 103 g/mol. The van der Waals surface area contributed by atoms with Gasteiger partial charge >= 0.3 is 0 Å². The summed E-state index contributed by atoms with van der Waals surface area (Å²) in [6.45, 7) is 1.32. The van der Waals surface area contributed by atoms with Crippen molar-refractivity contribution in [2.75, 3.05) is 7.05 Å². The molecule has 1 atom stereocenters. The topological polar surface area (TPSA) is 49.3 Å². The first-order chi connectivity index (χ1) is 3.18. The molecule has 0 spiro atoms. The number of Topliss-reactive ketones (excluding diaryl/α,β-unsaturated/α-hetero) is 1. The van der Waals surface area contributed by atoms with Gasteiger partial charge in [-0.15, -0.1) is 0 Å². The molecule has 0 heterocycles. The summed E-state index contributed by atoms with van der Waals surface area (Å²) < 4.78 is 0. The number of aliphatic hydroxyl groups excluding tert-OH is 1. The summed E-state index contributed by atoms with van der Waals surface area (Å²) >= 11 is 0. The van der Waals surface area contributed by atoms with Gasteiger partial charge in [-0.2, -0.15) is 0 Å². The Labute approximate surface area is 42.3 Å². The highest BCUT2D eigenvalue weighted by Gasteiger charge is 2.02. The van der Waals surface area contributed by atoms with Crippen LogP contribution in [-0.2, 0) is 4.79 Å². The predicted octanol–water partition coefficient (Wildman–Crippen LogP) is -0.887. The number of hydrogen-bond acceptors (Lipinski definition) is 3. The molecule has 7 heavy (non-hydrogen) atoms. The Balaban J connectivity index is 3.34. The molecule has 0 bridgehead atoms. The van der Waals surface area contributed by atoms with Crippen molar-refractivity contribution >= 4 is 5.78 Å². The third-order valence-electron chi connectivity index (χ3n) is 0.659. The van der Waals surface area contributed by atoms with Crippen LogP contribution in [0.5, 0.6) is 0 Å². The van der Waals surface area contributed by atoms with Crippen LogP contribution in [-0.4, -0.2) is 24.2 Å². The van der Waals surface area contributed by atoms with Crippen LogP contribution in [0.4, 0.5) is 0 Å². The van der Waals surface area contributed by atoms with Crippen LogP contribution in [0.15, 0.2) is 0 Å². The fourth-order valence-corrected chi connectivity index (χ4v) is 0.203. The van der Waals surface area contributed by atoms with E-state index >= 15 is 0 Å². The second-order valence-electron chi connectivity index (χ2n) is 1.30. The van der Waals surface area contributed by atoms with Crippen LogP contribution < -0.4 is 5.32 Å². The summed E-state index contributed by atoms with van der Waals surface area (Å²) in [4.78, 5) is 10.1. The molecule has 0 rings (SSSR count). The lowest BCUT2D eigenvalue weighted by Gasteiger charge is -2.00. The Kier molecular flexibility index (Phi) is 2.55. The molecule has 1 unspecified atom stereocenters. The van der Waals surface area contributed by atoms with Gasteiger partial charge in [0.05, 0.1) is 0 Å². The molecule has 3 nitrogen and oxygen atoms in total. The Hall–Kier alpha value is -0.410. The molecule has 0 fully saturated rings. The zero-order chi connectivity index (χ0) is 5.86. The molecule has 0 aliphatic rings. The Bertz CT molecular complexity index is 72.1. The molecule has 0 aliphatic carbocycles. The van der Waals surface area contributed by atoms with Crippen molar-refractivity contribution in [3.63, 3.8) is 0 Å². The lowest BCUT2D eigenvalue weighted by molar-refractivity contribution is -0.126. The molecular formula is C4H9NO2. The van der Waals surface area contributed by atoms with E-state index in [4.69, 9.17) is 5.11 Å². The van der Waals surface area contributed by atoms with Crippen LogP contribution in [0.2, 0.25) is 0 Å². The van der Waals surface area contributed by atoms with Crippen LogP contribution in [0.1, 0.15) is 6.92 Å². The zero-order valence-electron chi connectivity index (χ0n) is 4.43. The summed E-state index contributed by atoms with van der Waals surface area (Å²) in [6.07, 6.45) is -0.986. The molecule has 0 saturated carbocycles. The van der Waals surface area contributed by atoms with Gasteiger partial charge < -0.3 is 5.11 Å². The summed E-state index contributed by atoms with van der Waals surface area (Å²) in [5, 5.41) is 10.8. The Morgan fingerprint density at radius 2 is 2.29 bits per heavy atom. The molecule has 0 radical (unpaired) electrons. The molecule has 0 saturated heterocycles. The number of rotatable bonds is 2. The largest absolute Gasteiger partial charge is 0.371 e. The number of aliphatic hydroxyl groups is 1. The van der Waals surface area contributed by atoms with E-state index in [-0.39, 0.29) is 5.78 Å². The third kappa shape index (κ3) is 2.31. The fourth-order valence-electron chi connectivity index (χ4n) is 0.203. The lowest BCUT2D eigenvalue weighted by atomic mass is 10.4. The van der Waals surface area contributed by atoms with Gasteiger partial charge in [0.1, 0.15) is 0 Å². The molecule has 42 valence electrons. The van der Waals surface area contributed by atoms with Crippen molar-refractivity contribution in [2.24, 2.45) is 0 Å². The van der Waals surface area contributed by atoms with E-state index in [1.807, 2.05) is 0 Å². The quantitative estimate of drug-likeness (QED) is 0.446. The highest BCUT2D eigenvalue weighted by Crippen LogP contribution is 1.73. The first-order valence-corrected chi connectivity index (χ1v) is 2.04. The first kappa shape index (κ1) is 6.59. The van der Waals surface area contributed by atoms with Gasteiger partial charge in [-0.1, -0.05) is 0 Å². The second kappa shape index (κ2) is 2.71. The SMILES string of the molecule is CNC(O)C(C)=O. The van der Waals surface area contributed by atoms with E-state index in [0.29, 0.717) is 0 Å². The number of hydrogen-bond donors (Lipinski definition) is 2. The predicted molar refractivity (Wildman–Crippen MR) is 25.7 cm³/mol. The number of carbonyl (C=O) groups excluding carboxylic acids is 1. The minimum Gasteiger partial charge on any atom is -0.371 e. The van der Waals surface area contributed by atoms with Crippen LogP contribution >= 0.6 is 0 Å². The summed E-state index contributed by atoms with van der Waals surface area (Å²) in [6, 6.07) is 0. The monoisotopic (exact) mass is 103 g/mol. The van der Waals surface area contributed by atoms with Gasteiger partial charge in [0.25, 0.3) is 0 Å². The van der Waals surface area contributed by atoms with Gasteiger partial charge in [0, 0.05) is 0 Å². The minimum absolute atomic E-state index is 0.262. The smallest absolute Gasteiger partial charge is 0.173 e. The fraction of sp³-hybridized carbons (Fsp3) is 0.750. The average Bonchev–Trinajstić information content (AvgIpc) is 1.65. The number of likely N-dealkylation sites (N-methyl/N-ethyl adjacent to an activating group) is 1. The van der Waals surface area contributed by atoms with Gasteiger partial charge in [0.15, 0.2) is 12.0 Å². The second-order valence-corrected chi connectivity index (χ2v) is 1.30. The van der Waals surface area contributed by atoms with E-state index in [1.165, 1.54) is 14.0 Å². The highest BCUT2D eigenvalue weighted by molar-refractivity contribution is 5.79. The highest BCUT2D eigenvalue weighted by atomic mass is 16.3. The molecule has 2 N–H and O–H groups in total. The first-order valence-electron chi connectivity index (χ1n) is 2.04. The van der Waals surface area contributed by atoms with Gasteiger partial charge in [-0.05, 0) is 14.0 Å². The molecule has 0 aromatic heterocycles. The molecular weight excluding hydrogens is 94.0 g/mol.